The van der Waals surface area contributed by atoms with Crippen molar-refractivity contribution in [2.45, 2.75) is 31.3 Å². The fourth-order valence-electron chi connectivity index (χ4n) is 3.11. The average Bonchev–Trinajstić information content (AvgIpc) is 2.68. The summed E-state index contributed by atoms with van der Waals surface area (Å²) in [5.74, 6) is -3.10. The molecule has 0 saturated heterocycles. The van der Waals surface area contributed by atoms with Crippen LogP contribution in [0.1, 0.15) is 24.0 Å². The summed E-state index contributed by atoms with van der Waals surface area (Å²) in [4.78, 5) is 36.4. The van der Waals surface area contributed by atoms with E-state index in [0.717, 1.165) is 5.56 Å². The quantitative estimate of drug-likeness (QED) is 0.420. The molecule has 1 atom stereocenters. The minimum absolute atomic E-state index is 0.0145. The number of aliphatic carboxylic acids is 2. The first-order valence-corrected chi connectivity index (χ1v) is 9.17. The molecular weight excluding hydrogens is 374 g/mol. The van der Waals surface area contributed by atoms with Crippen molar-refractivity contribution >= 4 is 17.8 Å². The molecule has 0 aromatic heterocycles. The number of hydrazine groups is 1. The molecule has 2 rings (SSSR count). The molecule has 0 saturated carbocycles. The van der Waals surface area contributed by atoms with Gasteiger partial charge >= 0.3 is 11.9 Å². The van der Waals surface area contributed by atoms with E-state index < -0.39 is 29.8 Å². The van der Waals surface area contributed by atoms with Crippen molar-refractivity contribution in [3.8, 4) is 0 Å². The lowest BCUT2D eigenvalue weighted by Crippen LogP contribution is -2.63. The van der Waals surface area contributed by atoms with Crippen molar-refractivity contribution in [1.82, 2.24) is 10.4 Å². The summed E-state index contributed by atoms with van der Waals surface area (Å²) in [6.45, 7) is 0.103. The highest BCUT2D eigenvalue weighted by atomic mass is 16.4. The topological polar surface area (TPSA) is 133 Å². The van der Waals surface area contributed by atoms with E-state index in [4.69, 9.17) is 5.73 Å². The zero-order valence-corrected chi connectivity index (χ0v) is 16.0. The first-order chi connectivity index (χ1) is 13.9. The molecule has 0 radical (unpaired) electrons. The van der Waals surface area contributed by atoms with Gasteiger partial charge < -0.3 is 15.9 Å². The van der Waals surface area contributed by atoms with Gasteiger partial charge in [0, 0.05) is 25.9 Å². The second kappa shape index (κ2) is 10.4. The van der Waals surface area contributed by atoms with Gasteiger partial charge in [0.15, 0.2) is 5.54 Å². The monoisotopic (exact) mass is 399 g/mol. The molecule has 8 nitrogen and oxygen atoms in total. The number of hydrogen-bond donors (Lipinski definition) is 4. The van der Waals surface area contributed by atoms with Gasteiger partial charge in [-0.2, -0.15) is 5.01 Å². The number of carboxylic acids is 2. The Bertz CT molecular complexity index is 829. The van der Waals surface area contributed by atoms with E-state index in [-0.39, 0.29) is 25.9 Å². The SMILES string of the molecule is NCCC(=O)NN(Cc1ccccc1)[C@](CC(=O)O)(Cc1ccccc1)C(=O)O. The molecule has 0 aliphatic carbocycles. The second-order valence-electron chi connectivity index (χ2n) is 6.72. The van der Waals surface area contributed by atoms with Crippen LogP contribution in [-0.2, 0) is 27.3 Å². The van der Waals surface area contributed by atoms with Crippen LogP contribution < -0.4 is 11.2 Å². The summed E-state index contributed by atoms with van der Waals surface area (Å²) < 4.78 is 0. The lowest BCUT2D eigenvalue weighted by molar-refractivity contribution is -0.164. The molecule has 5 N–H and O–H groups in total. The number of nitrogens with two attached hydrogens (primary N) is 1. The van der Waals surface area contributed by atoms with Gasteiger partial charge in [0.2, 0.25) is 5.91 Å². The molecule has 8 heteroatoms. The number of carbonyl (C=O) groups is 3. The molecule has 2 aromatic rings. The number of benzene rings is 2. The number of hydrogen-bond acceptors (Lipinski definition) is 5. The molecular formula is C21H25N3O5. The molecule has 154 valence electrons. The summed E-state index contributed by atoms with van der Waals surface area (Å²) in [5, 5.41) is 20.9. The highest BCUT2D eigenvalue weighted by molar-refractivity contribution is 5.86. The standard InChI is InChI=1S/C21H25N3O5/c22-12-11-18(25)23-24(15-17-9-5-2-6-10-17)21(20(28)29,14-19(26)27)13-16-7-3-1-4-8-16/h1-10H,11-15,22H2,(H,23,25)(H,26,27)(H,28,29)/t21-/m0/s1. The molecule has 29 heavy (non-hydrogen) atoms. The van der Waals surface area contributed by atoms with Crippen molar-refractivity contribution < 1.29 is 24.6 Å². The maximum absolute atomic E-state index is 12.5. The normalized spacial score (nSPS) is 12.9. The van der Waals surface area contributed by atoms with Gasteiger partial charge in [0.05, 0.1) is 6.42 Å². The zero-order chi connectivity index (χ0) is 21.3. The number of nitrogens with one attached hydrogen (secondary N) is 1. The predicted molar refractivity (Wildman–Crippen MR) is 107 cm³/mol. The minimum Gasteiger partial charge on any atom is -0.481 e. The largest absolute Gasteiger partial charge is 0.481 e. The lowest BCUT2D eigenvalue weighted by Gasteiger charge is -2.40. The minimum atomic E-state index is -1.90. The van der Waals surface area contributed by atoms with Gasteiger partial charge in [0.1, 0.15) is 0 Å². The van der Waals surface area contributed by atoms with Crippen molar-refractivity contribution in [2.75, 3.05) is 6.54 Å². The summed E-state index contributed by atoms with van der Waals surface area (Å²) in [7, 11) is 0. The van der Waals surface area contributed by atoms with E-state index in [1.165, 1.54) is 5.01 Å². The zero-order valence-electron chi connectivity index (χ0n) is 16.0. The summed E-state index contributed by atoms with van der Waals surface area (Å²) in [6.07, 6.45) is -0.822. The first kappa shape index (κ1) is 22.1. The summed E-state index contributed by atoms with van der Waals surface area (Å²) in [5.41, 5.74) is 7.50. The number of carbonyl (C=O) groups excluding carboxylic acids is 1. The van der Waals surface area contributed by atoms with Crippen molar-refractivity contribution in [1.29, 1.82) is 0 Å². The Labute approximate surface area is 168 Å². The van der Waals surface area contributed by atoms with Crippen molar-refractivity contribution in [3.05, 3.63) is 71.8 Å². The molecule has 0 aliphatic rings. The van der Waals surface area contributed by atoms with E-state index in [1.54, 1.807) is 54.6 Å². The third-order valence-corrected chi connectivity index (χ3v) is 4.51. The van der Waals surface area contributed by atoms with E-state index in [9.17, 15) is 24.6 Å². The first-order valence-electron chi connectivity index (χ1n) is 9.17. The summed E-state index contributed by atoms with van der Waals surface area (Å²) in [6, 6.07) is 17.7. The fourth-order valence-corrected chi connectivity index (χ4v) is 3.11. The Morgan fingerprint density at radius 1 is 0.931 bits per heavy atom. The van der Waals surface area contributed by atoms with E-state index in [0.29, 0.717) is 5.56 Å². The molecule has 0 fully saturated rings. The van der Waals surface area contributed by atoms with Gasteiger partial charge in [-0.3, -0.25) is 19.8 Å². The van der Waals surface area contributed by atoms with Gasteiger partial charge in [-0.05, 0) is 11.1 Å². The predicted octanol–water partition coefficient (Wildman–Crippen LogP) is 1.41. The van der Waals surface area contributed by atoms with Crippen LogP contribution in [0.5, 0.6) is 0 Å². The van der Waals surface area contributed by atoms with Crippen LogP contribution in [0.3, 0.4) is 0 Å². The molecule has 1 amide bonds. The number of rotatable bonds is 11. The van der Waals surface area contributed by atoms with Crippen LogP contribution >= 0.6 is 0 Å². The van der Waals surface area contributed by atoms with Gasteiger partial charge in [-0.15, -0.1) is 0 Å². The van der Waals surface area contributed by atoms with Crippen molar-refractivity contribution in [3.63, 3.8) is 0 Å². The Balaban J connectivity index is 2.51. The molecule has 0 spiro atoms. The van der Waals surface area contributed by atoms with Gasteiger partial charge in [-0.1, -0.05) is 60.7 Å². The highest BCUT2D eigenvalue weighted by Gasteiger charge is 2.47. The third kappa shape index (κ3) is 6.13. The molecule has 0 bridgehead atoms. The maximum Gasteiger partial charge on any atom is 0.326 e. The Morgan fingerprint density at radius 3 is 1.97 bits per heavy atom. The van der Waals surface area contributed by atoms with Gasteiger partial charge in [0.25, 0.3) is 0 Å². The van der Waals surface area contributed by atoms with Crippen LogP contribution in [0.15, 0.2) is 60.7 Å². The van der Waals surface area contributed by atoms with Crippen LogP contribution in [0.4, 0.5) is 0 Å². The molecule has 0 unspecified atom stereocenters. The Hall–Kier alpha value is -3.23. The molecule has 2 aromatic carbocycles. The van der Waals surface area contributed by atoms with Gasteiger partial charge in [-0.25, -0.2) is 0 Å². The van der Waals surface area contributed by atoms with Crippen LogP contribution in [-0.4, -0.2) is 45.2 Å². The highest BCUT2D eigenvalue weighted by Crippen LogP contribution is 2.27. The second-order valence-corrected chi connectivity index (χ2v) is 6.72. The van der Waals surface area contributed by atoms with E-state index in [2.05, 4.69) is 5.43 Å². The lowest BCUT2D eigenvalue weighted by atomic mass is 9.86. The Morgan fingerprint density at radius 2 is 1.48 bits per heavy atom. The van der Waals surface area contributed by atoms with Crippen molar-refractivity contribution in [2.24, 2.45) is 5.73 Å². The summed E-state index contributed by atoms with van der Waals surface area (Å²) >= 11 is 0. The van der Waals surface area contributed by atoms with E-state index in [1.807, 2.05) is 6.07 Å². The number of amides is 1. The molecule has 0 aliphatic heterocycles. The average molecular weight is 399 g/mol. The third-order valence-electron chi connectivity index (χ3n) is 4.51. The van der Waals surface area contributed by atoms with Crippen LogP contribution in [0.25, 0.3) is 0 Å². The smallest absolute Gasteiger partial charge is 0.326 e. The van der Waals surface area contributed by atoms with Crippen LogP contribution in [0, 0.1) is 0 Å². The Kier molecular flexibility index (Phi) is 7.88. The van der Waals surface area contributed by atoms with Crippen LogP contribution in [0.2, 0.25) is 0 Å². The number of carboxylic acid groups (broad SMARTS) is 2. The molecule has 0 heterocycles. The van der Waals surface area contributed by atoms with E-state index >= 15 is 0 Å². The number of nitrogens with zero attached hydrogens (tertiary/aromatic N) is 1. The maximum atomic E-state index is 12.5. The fraction of sp³-hybridized carbons (Fsp3) is 0.286.